The zero-order chi connectivity index (χ0) is 12.9. The second-order valence-electron chi connectivity index (χ2n) is 3.94. The van der Waals surface area contributed by atoms with Crippen LogP contribution in [0.1, 0.15) is 26.2 Å². The van der Waals surface area contributed by atoms with E-state index in [-0.39, 0.29) is 7.55 Å². The lowest BCUT2D eigenvalue weighted by Gasteiger charge is -2.01. The second-order valence-corrected chi connectivity index (χ2v) is 6.33. The van der Waals surface area contributed by atoms with Crippen LogP contribution in [0, 0.1) is 11.8 Å². The van der Waals surface area contributed by atoms with Gasteiger partial charge in [-0.05, 0) is 25.7 Å². The molecule has 0 saturated carbocycles. The highest BCUT2D eigenvalue weighted by molar-refractivity contribution is 7.57. The van der Waals surface area contributed by atoms with Crippen LogP contribution in [0.15, 0.2) is 24.3 Å². The molecule has 0 saturated heterocycles. The van der Waals surface area contributed by atoms with E-state index in [9.17, 15) is 0 Å². The van der Waals surface area contributed by atoms with Crippen molar-refractivity contribution in [3.63, 3.8) is 0 Å². The summed E-state index contributed by atoms with van der Waals surface area (Å²) >= 11 is 0. The normalized spacial score (nSPS) is 13.0. The number of methoxy groups -OCH3 is 1. The zero-order valence-corrected chi connectivity index (χ0v) is 12.4. The molecule has 0 radical (unpaired) electrons. The number of hydrogen-bond donors (Lipinski definition) is 0. The maximum absolute atomic E-state index is 4.87. The first kappa shape index (κ1) is 16.3. The predicted octanol–water partition coefficient (Wildman–Crippen LogP) is 3.59. The van der Waals surface area contributed by atoms with Crippen molar-refractivity contribution in [3.8, 4) is 11.8 Å². The van der Waals surface area contributed by atoms with Crippen molar-refractivity contribution in [2.75, 3.05) is 26.5 Å². The Morgan fingerprint density at radius 2 is 2.18 bits per heavy atom. The largest absolute Gasteiger partial charge is 0.372 e. The summed E-state index contributed by atoms with van der Waals surface area (Å²) in [6, 6.07) is 0. The molecule has 1 atom stereocenters. The SMILES string of the molecule is C=CC/[PH](C)=C\C(=C\CCC#CCOC)CC. The van der Waals surface area contributed by atoms with Gasteiger partial charge in [0, 0.05) is 13.5 Å². The van der Waals surface area contributed by atoms with E-state index in [1.807, 2.05) is 6.08 Å². The lowest BCUT2D eigenvalue weighted by Crippen LogP contribution is -1.84. The van der Waals surface area contributed by atoms with Gasteiger partial charge in [0.15, 0.2) is 0 Å². The monoisotopic (exact) mass is 252 g/mol. The van der Waals surface area contributed by atoms with Gasteiger partial charge < -0.3 is 4.74 Å². The lowest BCUT2D eigenvalue weighted by molar-refractivity contribution is 0.239. The number of hydrogen-bond acceptors (Lipinski definition) is 1. The Morgan fingerprint density at radius 1 is 1.41 bits per heavy atom. The molecular formula is C15H25OP. The molecule has 0 aliphatic rings. The quantitative estimate of drug-likeness (QED) is 0.291. The second kappa shape index (κ2) is 11.8. The van der Waals surface area contributed by atoms with Crippen LogP contribution < -0.4 is 0 Å². The highest BCUT2D eigenvalue weighted by Crippen LogP contribution is 2.18. The summed E-state index contributed by atoms with van der Waals surface area (Å²) in [6.07, 6.45) is 8.57. The van der Waals surface area contributed by atoms with Crippen molar-refractivity contribution in [1.82, 2.24) is 0 Å². The molecule has 17 heavy (non-hydrogen) atoms. The van der Waals surface area contributed by atoms with E-state index in [4.69, 9.17) is 4.74 Å². The molecule has 0 aromatic carbocycles. The third-order valence-electron chi connectivity index (χ3n) is 2.32. The van der Waals surface area contributed by atoms with E-state index >= 15 is 0 Å². The molecular weight excluding hydrogens is 227 g/mol. The van der Waals surface area contributed by atoms with E-state index in [2.05, 4.69) is 43.9 Å². The Morgan fingerprint density at radius 3 is 2.76 bits per heavy atom. The van der Waals surface area contributed by atoms with E-state index in [0.29, 0.717) is 6.61 Å². The third kappa shape index (κ3) is 10.2. The lowest BCUT2D eigenvalue weighted by atomic mass is 10.2. The summed E-state index contributed by atoms with van der Waals surface area (Å²) in [7, 11) is 1.30. The van der Waals surface area contributed by atoms with Crippen LogP contribution >= 0.6 is 7.55 Å². The molecule has 0 spiro atoms. The molecule has 0 aliphatic heterocycles. The van der Waals surface area contributed by atoms with Gasteiger partial charge >= 0.3 is 0 Å². The van der Waals surface area contributed by atoms with Gasteiger partial charge in [-0.1, -0.05) is 36.4 Å². The molecule has 0 rings (SSSR count). The standard InChI is InChI=1S/C15H25OP/c1-5-13-17(4)14-15(6-2)11-9-7-8-10-12-16-3/h5,11,14,17H,1,6-7,9,12-13H2,2-4H3/b15-11+. The first-order valence-electron chi connectivity index (χ1n) is 6.16. The Kier molecular flexibility index (Phi) is 11.3. The molecule has 0 fully saturated rings. The molecule has 0 aliphatic carbocycles. The fourth-order valence-corrected chi connectivity index (χ4v) is 2.98. The number of ether oxygens (including phenoxy) is 1. The average molecular weight is 252 g/mol. The summed E-state index contributed by atoms with van der Waals surface area (Å²) in [5.41, 5.74) is 1.47. The Bertz CT molecular complexity index is 329. The van der Waals surface area contributed by atoms with Crippen LogP contribution in [0.3, 0.4) is 0 Å². The van der Waals surface area contributed by atoms with Gasteiger partial charge in [-0.3, -0.25) is 0 Å². The Hall–Kier alpha value is -0.700. The summed E-state index contributed by atoms with van der Waals surface area (Å²) in [6.45, 7) is 8.87. The van der Waals surface area contributed by atoms with Crippen molar-refractivity contribution in [2.45, 2.75) is 26.2 Å². The van der Waals surface area contributed by atoms with Crippen LogP contribution in [-0.4, -0.2) is 32.3 Å². The predicted molar refractivity (Wildman–Crippen MR) is 82.6 cm³/mol. The van der Waals surface area contributed by atoms with Gasteiger partial charge in [-0.2, -0.15) is 0 Å². The molecule has 1 unspecified atom stereocenters. The van der Waals surface area contributed by atoms with Crippen LogP contribution in [0.4, 0.5) is 0 Å². The average Bonchev–Trinajstić information content (AvgIpc) is 2.32. The topological polar surface area (TPSA) is 9.23 Å². The number of rotatable bonds is 7. The fourth-order valence-electron chi connectivity index (χ4n) is 1.45. The molecule has 1 nitrogen and oxygen atoms in total. The maximum Gasteiger partial charge on any atom is 0.107 e. The summed E-state index contributed by atoms with van der Waals surface area (Å²) < 4.78 is 4.87. The van der Waals surface area contributed by atoms with Crippen LogP contribution in [0.25, 0.3) is 0 Å². The van der Waals surface area contributed by atoms with Crippen molar-refractivity contribution < 1.29 is 4.74 Å². The summed E-state index contributed by atoms with van der Waals surface area (Å²) in [4.78, 5) is 0. The van der Waals surface area contributed by atoms with E-state index in [0.717, 1.165) is 25.4 Å². The molecule has 0 N–H and O–H groups in total. The first-order valence-corrected chi connectivity index (χ1v) is 8.44. The third-order valence-corrected chi connectivity index (χ3v) is 4.12. The fraction of sp³-hybridized carbons (Fsp3) is 0.533. The molecule has 0 aromatic rings. The van der Waals surface area contributed by atoms with E-state index < -0.39 is 0 Å². The highest BCUT2D eigenvalue weighted by Gasteiger charge is 1.90. The molecule has 2 heteroatoms. The number of unbranched alkanes of at least 4 members (excludes halogenated alkanes) is 1. The minimum atomic E-state index is -0.369. The van der Waals surface area contributed by atoms with E-state index in [1.54, 1.807) is 7.11 Å². The van der Waals surface area contributed by atoms with Crippen molar-refractivity contribution in [3.05, 3.63) is 24.3 Å². The van der Waals surface area contributed by atoms with Gasteiger partial charge in [0.2, 0.25) is 0 Å². The van der Waals surface area contributed by atoms with Crippen molar-refractivity contribution in [2.24, 2.45) is 0 Å². The van der Waals surface area contributed by atoms with Gasteiger partial charge in [-0.15, -0.1) is 20.0 Å². The first-order chi connectivity index (χ1) is 8.24. The summed E-state index contributed by atoms with van der Waals surface area (Å²) in [5, 5.41) is 0. The van der Waals surface area contributed by atoms with Crippen LogP contribution in [0.5, 0.6) is 0 Å². The van der Waals surface area contributed by atoms with Crippen LogP contribution in [0.2, 0.25) is 0 Å². The molecule has 0 bridgehead atoms. The Labute approximate surface area is 107 Å². The minimum Gasteiger partial charge on any atom is -0.372 e. The zero-order valence-electron chi connectivity index (χ0n) is 11.4. The minimum absolute atomic E-state index is 0.369. The molecule has 0 amide bonds. The highest BCUT2D eigenvalue weighted by atomic mass is 31.1. The van der Waals surface area contributed by atoms with Crippen LogP contribution in [-0.2, 0) is 4.74 Å². The van der Waals surface area contributed by atoms with Crippen molar-refractivity contribution >= 4 is 13.3 Å². The van der Waals surface area contributed by atoms with Crippen molar-refractivity contribution in [1.29, 1.82) is 0 Å². The van der Waals surface area contributed by atoms with E-state index in [1.165, 1.54) is 5.57 Å². The smallest absolute Gasteiger partial charge is 0.107 e. The summed E-state index contributed by atoms with van der Waals surface area (Å²) in [5.74, 6) is 8.51. The molecule has 0 heterocycles. The molecule has 0 aromatic heterocycles. The van der Waals surface area contributed by atoms with Gasteiger partial charge in [0.1, 0.15) is 6.61 Å². The number of allylic oxidation sites excluding steroid dienone is 3. The van der Waals surface area contributed by atoms with Gasteiger partial charge in [0.05, 0.1) is 0 Å². The maximum atomic E-state index is 4.87. The molecule has 96 valence electrons. The Balaban J connectivity index is 4.14. The van der Waals surface area contributed by atoms with Gasteiger partial charge in [0.25, 0.3) is 0 Å². The van der Waals surface area contributed by atoms with Gasteiger partial charge in [-0.25, -0.2) is 0 Å².